The molecule has 0 aromatic carbocycles. The Bertz CT molecular complexity index is 325. The van der Waals surface area contributed by atoms with E-state index in [2.05, 4.69) is 12.3 Å². The lowest BCUT2D eigenvalue weighted by Gasteiger charge is -2.16. The van der Waals surface area contributed by atoms with Crippen molar-refractivity contribution in [2.24, 2.45) is 5.92 Å². The number of ketones is 1. The van der Waals surface area contributed by atoms with Crippen molar-refractivity contribution in [2.45, 2.75) is 26.7 Å². The molecule has 0 spiro atoms. The van der Waals surface area contributed by atoms with Crippen LogP contribution in [0.25, 0.3) is 0 Å². The van der Waals surface area contributed by atoms with Crippen molar-refractivity contribution >= 4 is 17.1 Å². The molecule has 0 aliphatic heterocycles. The predicted octanol–water partition coefficient (Wildman–Crippen LogP) is 2.82. The van der Waals surface area contributed by atoms with Gasteiger partial charge in [-0.05, 0) is 36.3 Å². The van der Waals surface area contributed by atoms with Gasteiger partial charge in [0.25, 0.3) is 0 Å². The number of aryl methyl sites for hydroxylation is 1. The van der Waals surface area contributed by atoms with Gasteiger partial charge in [0.05, 0.1) is 4.88 Å². The maximum Gasteiger partial charge on any atom is 0.175 e. The van der Waals surface area contributed by atoms with E-state index < -0.39 is 0 Å². The molecule has 1 unspecified atom stereocenters. The maximum atomic E-state index is 11.6. The van der Waals surface area contributed by atoms with Gasteiger partial charge >= 0.3 is 0 Å². The van der Waals surface area contributed by atoms with E-state index in [0.29, 0.717) is 5.78 Å². The van der Waals surface area contributed by atoms with E-state index in [1.165, 1.54) is 11.1 Å². The number of hydrogen-bond donors (Lipinski definition) is 0. The highest BCUT2D eigenvalue weighted by Crippen LogP contribution is 2.31. The zero-order valence-corrected chi connectivity index (χ0v) is 8.20. The Balaban J connectivity index is 2.50. The van der Waals surface area contributed by atoms with Crippen molar-refractivity contribution < 1.29 is 4.79 Å². The van der Waals surface area contributed by atoms with Crippen LogP contribution >= 0.6 is 11.3 Å². The summed E-state index contributed by atoms with van der Waals surface area (Å²) in [6, 6.07) is 0. The quantitative estimate of drug-likeness (QED) is 0.600. The molecule has 1 nitrogen and oxygen atoms in total. The van der Waals surface area contributed by atoms with Crippen molar-refractivity contribution in [3.63, 3.8) is 0 Å². The van der Waals surface area contributed by atoms with E-state index in [1.807, 2.05) is 6.92 Å². The number of hydrogen-bond acceptors (Lipinski definition) is 2. The third kappa shape index (κ3) is 1.02. The van der Waals surface area contributed by atoms with Gasteiger partial charge in [-0.1, -0.05) is 6.92 Å². The highest BCUT2D eigenvalue weighted by Gasteiger charge is 2.26. The van der Waals surface area contributed by atoms with E-state index >= 15 is 0 Å². The normalized spacial score (nSPS) is 22.5. The Morgan fingerprint density at radius 1 is 1.58 bits per heavy atom. The second-order valence-corrected chi connectivity index (χ2v) is 4.41. The van der Waals surface area contributed by atoms with Crippen LogP contribution in [0.2, 0.25) is 0 Å². The molecule has 1 atom stereocenters. The van der Waals surface area contributed by atoms with Crippen LogP contribution in [0.3, 0.4) is 0 Å². The lowest BCUT2D eigenvalue weighted by molar-refractivity contribution is 0.0918. The van der Waals surface area contributed by atoms with Crippen molar-refractivity contribution in [3.8, 4) is 0 Å². The molecule has 0 saturated heterocycles. The van der Waals surface area contributed by atoms with Crippen LogP contribution in [0.1, 0.15) is 34.1 Å². The molecule has 12 heavy (non-hydrogen) atoms. The number of carbonyl (C=O) groups excluding carboxylic acids is 1. The summed E-state index contributed by atoms with van der Waals surface area (Å²) in [6.45, 7) is 4.12. The predicted molar refractivity (Wildman–Crippen MR) is 50.9 cm³/mol. The highest BCUT2D eigenvalue weighted by atomic mass is 32.1. The van der Waals surface area contributed by atoms with Crippen LogP contribution in [0.15, 0.2) is 5.38 Å². The smallest absolute Gasteiger partial charge is 0.175 e. The molecule has 0 bridgehead atoms. The molecule has 0 radical (unpaired) electrons. The summed E-state index contributed by atoms with van der Waals surface area (Å²) in [5.74, 6) is 0.602. The first-order chi connectivity index (χ1) is 5.70. The van der Waals surface area contributed by atoms with E-state index in [1.54, 1.807) is 11.3 Å². The topological polar surface area (TPSA) is 17.1 Å². The van der Waals surface area contributed by atoms with Gasteiger partial charge in [-0.3, -0.25) is 4.79 Å². The maximum absolute atomic E-state index is 11.6. The number of thiophene rings is 1. The fraction of sp³-hybridized carbons (Fsp3) is 0.500. The molecule has 0 fully saturated rings. The number of fused-ring (bicyclic) bond motifs is 1. The van der Waals surface area contributed by atoms with Gasteiger partial charge in [0.15, 0.2) is 5.78 Å². The fourth-order valence-corrected chi connectivity index (χ4v) is 2.86. The largest absolute Gasteiger partial charge is 0.293 e. The molecule has 0 amide bonds. The second-order valence-electron chi connectivity index (χ2n) is 3.53. The molecular weight excluding hydrogens is 168 g/mol. The Kier molecular flexibility index (Phi) is 1.80. The van der Waals surface area contributed by atoms with Crippen LogP contribution in [-0.2, 0) is 6.42 Å². The van der Waals surface area contributed by atoms with Gasteiger partial charge < -0.3 is 0 Å². The Labute approximate surface area is 76.4 Å². The van der Waals surface area contributed by atoms with Crippen LogP contribution in [0.5, 0.6) is 0 Å². The first kappa shape index (κ1) is 7.99. The molecule has 1 aromatic rings. The molecule has 0 saturated carbocycles. The lowest BCUT2D eigenvalue weighted by atomic mass is 9.88. The fourth-order valence-electron chi connectivity index (χ4n) is 1.70. The van der Waals surface area contributed by atoms with Gasteiger partial charge in [0.1, 0.15) is 0 Å². The second kappa shape index (κ2) is 2.70. The summed E-state index contributed by atoms with van der Waals surface area (Å²) < 4.78 is 0. The molecule has 0 N–H and O–H groups in total. The summed E-state index contributed by atoms with van der Waals surface area (Å²) in [7, 11) is 0. The molecule has 64 valence electrons. The minimum atomic E-state index is 0.246. The first-order valence-electron chi connectivity index (χ1n) is 4.31. The van der Waals surface area contributed by atoms with Gasteiger partial charge in [-0.15, -0.1) is 11.3 Å². The zero-order valence-electron chi connectivity index (χ0n) is 7.39. The minimum absolute atomic E-state index is 0.246. The molecule has 1 heterocycles. The third-order valence-electron chi connectivity index (χ3n) is 2.60. The Morgan fingerprint density at radius 3 is 3.08 bits per heavy atom. The first-order valence-corrected chi connectivity index (χ1v) is 5.19. The summed E-state index contributed by atoms with van der Waals surface area (Å²) in [5, 5.41) is 2.10. The number of carbonyl (C=O) groups is 1. The lowest BCUT2D eigenvalue weighted by Crippen LogP contribution is -2.18. The SMILES string of the molecule is Cc1csc2c1CCC(C)C2=O. The standard InChI is InChI=1S/C10H12OS/c1-6-3-4-8-7(2)5-12-10(8)9(6)11/h5-6H,3-4H2,1-2H3. The zero-order chi connectivity index (χ0) is 8.72. The highest BCUT2D eigenvalue weighted by molar-refractivity contribution is 7.12. The summed E-state index contributed by atoms with van der Waals surface area (Å²) in [5.41, 5.74) is 2.61. The Hall–Kier alpha value is -0.630. The van der Waals surface area contributed by atoms with Crippen molar-refractivity contribution in [1.82, 2.24) is 0 Å². The van der Waals surface area contributed by atoms with E-state index in [-0.39, 0.29) is 5.92 Å². The molecule has 2 rings (SSSR count). The van der Waals surface area contributed by atoms with Gasteiger partial charge in [-0.2, -0.15) is 0 Å². The van der Waals surface area contributed by atoms with Crippen molar-refractivity contribution in [3.05, 3.63) is 21.4 Å². The van der Waals surface area contributed by atoms with Crippen LogP contribution < -0.4 is 0 Å². The van der Waals surface area contributed by atoms with Gasteiger partial charge in [0.2, 0.25) is 0 Å². The number of Topliss-reactive ketones (excluding diaryl/α,β-unsaturated/α-hetero) is 1. The van der Waals surface area contributed by atoms with Crippen molar-refractivity contribution in [2.75, 3.05) is 0 Å². The van der Waals surface area contributed by atoms with Crippen LogP contribution in [-0.4, -0.2) is 5.78 Å². The average Bonchev–Trinajstić information content (AvgIpc) is 2.41. The summed E-state index contributed by atoms with van der Waals surface area (Å²) >= 11 is 1.61. The Morgan fingerprint density at radius 2 is 2.33 bits per heavy atom. The summed E-state index contributed by atoms with van der Waals surface area (Å²) in [4.78, 5) is 12.7. The molecule has 1 aromatic heterocycles. The third-order valence-corrected chi connectivity index (χ3v) is 3.76. The van der Waals surface area contributed by atoms with E-state index in [0.717, 1.165) is 17.7 Å². The number of rotatable bonds is 0. The summed E-state index contributed by atoms with van der Waals surface area (Å²) in [6.07, 6.45) is 2.13. The average molecular weight is 180 g/mol. The molecule has 1 aliphatic rings. The van der Waals surface area contributed by atoms with Crippen LogP contribution in [0, 0.1) is 12.8 Å². The van der Waals surface area contributed by atoms with E-state index in [9.17, 15) is 4.79 Å². The van der Waals surface area contributed by atoms with E-state index in [4.69, 9.17) is 0 Å². The van der Waals surface area contributed by atoms with Crippen molar-refractivity contribution in [1.29, 1.82) is 0 Å². The van der Waals surface area contributed by atoms with Crippen LogP contribution in [0.4, 0.5) is 0 Å². The monoisotopic (exact) mass is 180 g/mol. The van der Waals surface area contributed by atoms with Gasteiger partial charge in [-0.25, -0.2) is 0 Å². The molecule has 1 aliphatic carbocycles. The minimum Gasteiger partial charge on any atom is -0.293 e. The molecular formula is C10H12OS. The van der Waals surface area contributed by atoms with Gasteiger partial charge in [0, 0.05) is 5.92 Å². The molecule has 2 heteroatoms.